The molecule has 2 aliphatic heterocycles. The second-order valence-electron chi connectivity index (χ2n) is 6.26. The van der Waals surface area contributed by atoms with Crippen molar-refractivity contribution in [2.75, 3.05) is 46.0 Å². The summed E-state index contributed by atoms with van der Waals surface area (Å²) in [5, 5.41) is 7.89. The van der Waals surface area contributed by atoms with Crippen LogP contribution in [0.15, 0.2) is 24.0 Å². The topological polar surface area (TPSA) is 51.6 Å². The molecule has 0 spiro atoms. The molecule has 1 saturated heterocycles. The minimum Gasteiger partial charge on any atom is -0.377 e. The quantitative estimate of drug-likeness (QED) is 0.796. The number of aromatic nitrogens is 2. The number of morpholine rings is 1. The molecule has 0 unspecified atom stereocenters. The highest BCUT2D eigenvalue weighted by atomic mass is 16.5. The fraction of sp³-hybridized carbons (Fsp3) is 0.706. The Morgan fingerprint density at radius 3 is 3.00 bits per heavy atom. The molecule has 6 heteroatoms. The summed E-state index contributed by atoms with van der Waals surface area (Å²) in [6, 6.07) is 0.270. The Hall–Kier alpha value is -1.21. The van der Waals surface area contributed by atoms with Crippen molar-refractivity contribution in [1.82, 2.24) is 20.0 Å². The Kier molecular flexibility index (Phi) is 5.83. The molecule has 2 aliphatic rings. The maximum atomic E-state index is 6.08. The smallest absolute Gasteiger partial charge is 0.0897 e. The standard InChI is InChI=1S/C17H28N4O2/c1-3-21-6-8-23-16(17(21)15-10-19-20(2)12-15)11-18-9-14-5-4-7-22-13-14/h5,10,12,16-18H,3-4,6-9,11,13H2,1-2H3/t16-,17-/m0/s1. The average molecular weight is 320 g/mol. The molecule has 0 amide bonds. The van der Waals surface area contributed by atoms with Crippen LogP contribution < -0.4 is 5.32 Å². The zero-order valence-electron chi connectivity index (χ0n) is 14.2. The van der Waals surface area contributed by atoms with E-state index in [-0.39, 0.29) is 12.1 Å². The Labute approximate surface area is 138 Å². The van der Waals surface area contributed by atoms with Crippen molar-refractivity contribution in [3.05, 3.63) is 29.6 Å². The molecule has 0 saturated carbocycles. The first-order chi connectivity index (χ1) is 11.3. The summed E-state index contributed by atoms with van der Waals surface area (Å²) in [7, 11) is 1.96. The lowest BCUT2D eigenvalue weighted by Crippen LogP contribution is -2.49. The number of hydrogen-bond donors (Lipinski definition) is 1. The number of nitrogens with one attached hydrogen (secondary N) is 1. The lowest BCUT2D eigenvalue weighted by Gasteiger charge is -2.40. The van der Waals surface area contributed by atoms with Gasteiger partial charge < -0.3 is 14.8 Å². The Morgan fingerprint density at radius 1 is 1.39 bits per heavy atom. The highest BCUT2D eigenvalue weighted by molar-refractivity contribution is 5.14. The van der Waals surface area contributed by atoms with Crippen LogP contribution in [0.2, 0.25) is 0 Å². The minimum absolute atomic E-state index is 0.151. The molecule has 1 aromatic rings. The third-order valence-electron chi connectivity index (χ3n) is 4.61. The normalized spacial score (nSPS) is 26.3. The van der Waals surface area contributed by atoms with E-state index in [0.717, 1.165) is 52.4 Å². The Morgan fingerprint density at radius 2 is 2.30 bits per heavy atom. The zero-order chi connectivity index (χ0) is 16.1. The van der Waals surface area contributed by atoms with Crippen LogP contribution >= 0.6 is 0 Å². The van der Waals surface area contributed by atoms with Crippen LogP contribution in [0.5, 0.6) is 0 Å². The van der Waals surface area contributed by atoms with E-state index in [1.807, 2.05) is 17.9 Å². The van der Waals surface area contributed by atoms with Crippen LogP contribution in [0.3, 0.4) is 0 Å². The molecule has 1 N–H and O–H groups in total. The van der Waals surface area contributed by atoms with Crippen molar-refractivity contribution in [3.63, 3.8) is 0 Å². The van der Waals surface area contributed by atoms with Crippen molar-refractivity contribution in [2.24, 2.45) is 7.05 Å². The van der Waals surface area contributed by atoms with Crippen LogP contribution in [-0.4, -0.2) is 66.8 Å². The average Bonchev–Trinajstić information content (AvgIpc) is 3.01. The molecular weight excluding hydrogens is 292 g/mol. The summed E-state index contributed by atoms with van der Waals surface area (Å²) in [6.45, 7) is 8.34. The molecular formula is C17H28N4O2. The van der Waals surface area contributed by atoms with Gasteiger partial charge in [-0.25, -0.2) is 0 Å². The molecule has 1 aromatic heterocycles. The van der Waals surface area contributed by atoms with Gasteiger partial charge in [-0.15, -0.1) is 0 Å². The first-order valence-electron chi connectivity index (χ1n) is 8.58. The molecule has 1 fully saturated rings. The van der Waals surface area contributed by atoms with Gasteiger partial charge in [0, 0.05) is 38.4 Å². The van der Waals surface area contributed by atoms with Gasteiger partial charge in [0.05, 0.1) is 38.2 Å². The van der Waals surface area contributed by atoms with Gasteiger partial charge >= 0.3 is 0 Å². The molecule has 3 rings (SSSR count). The van der Waals surface area contributed by atoms with E-state index in [1.54, 1.807) is 0 Å². The van der Waals surface area contributed by atoms with Gasteiger partial charge in [0.15, 0.2) is 0 Å². The Bertz CT molecular complexity index is 528. The van der Waals surface area contributed by atoms with Crippen LogP contribution in [0, 0.1) is 0 Å². The maximum absolute atomic E-state index is 6.08. The summed E-state index contributed by atoms with van der Waals surface area (Å²) >= 11 is 0. The van der Waals surface area contributed by atoms with Crippen LogP contribution in [0.25, 0.3) is 0 Å². The molecule has 23 heavy (non-hydrogen) atoms. The second kappa shape index (κ2) is 8.06. The van der Waals surface area contributed by atoms with Crippen molar-refractivity contribution < 1.29 is 9.47 Å². The van der Waals surface area contributed by atoms with Gasteiger partial charge in [0.1, 0.15) is 0 Å². The summed E-state index contributed by atoms with van der Waals surface area (Å²) in [4.78, 5) is 2.48. The van der Waals surface area contributed by atoms with E-state index in [0.29, 0.717) is 0 Å². The number of aryl methyl sites for hydroxylation is 1. The van der Waals surface area contributed by atoms with Crippen molar-refractivity contribution in [2.45, 2.75) is 25.5 Å². The molecule has 3 heterocycles. The van der Waals surface area contributed by atoms with Crippen molar-refractivity contribution in [1.29, 1.82) is 0 Å². The third-order valence-corrected chi connectivity index (χ3v) is 4.61. The largest absolute Gasteiger partial charge is 0.377 e. The van der Waals surface area contributed by atoms with Gasteiger partial charge in [0.25, 0.3) is 0 Å². The molecule has 0 radical (unpaired) electrons. The van der Waals surface area contributed by atoms with E-state index in [9.17, 15) is 0 Å². The van der Waals surface area contributed by atoms with Gasteiger partial charge in [0.2, 0.25) is 0 Å². The SMILES string of the molecule is CCN1CCO[C@@H](CNCC2=CCCOC2)[C@@H]1c1cnn(C)c1. The highest BCUT2D eigenvalue weighted by Gasteiger charge is 2.33. The van der Waals surface area contributed by atoms with Crippen LogP contribution in [-0.2, 0) is 16.5 Å². The predicted octanol–water partition coefficient (Wildman–Crippen LogP) is 1.12. The van der Waals surface area contributed by atoms with Crippen molar-refractivity contribution >= 4 is 0 Å². The molecule has 0 aromatic carbocycles. The third kappa shape index (κ3) is 4.20. The molecule has 6 nitrogen and oxygen atoms in total. The highest BCUT2D eigenvalue weighted by Crippen LogP contribution is 2.28. The molecule has 0 bridgehead atoms. The molecule has 128 valence electrons. The van der Waals surface area contributed by atoms with Gasteiger partial charge in [-0.2, -0.15) is 5.10 Å². The van der Waals surface area contributed by atoms with Gasteiger partial charge in [-0.05, 0) is 18.5 Å². The van der Waals surface area contributed by atoms with Crippen LogP contribution in [0.1, 0.15) is 24.9 Å². The van der Waals surface area contributed by atoms with E-state index in [4.69, 9.17) is 9.47 Å². The fourth-order valence-corrected chi connectivity index (χ4v) is 3.44. The van der Waals surface area contributed by atoms with E-state index >= 15 is 0 Å². The van der Waals surface area contributed by atoms with Gasteiger partial charge in [-0.1, -0.05) is 13.0 Å². The van der Waals surface area contributed by atoms with E-state index in [2.05, 4.69) is 34.5 Å². The number of hydrogen-bond acceptors (Lipinski definition) is 5. The number of nitrogens with zero attached hydrogens (tertiary/aromatic N) is 3. The summed E-state index contributed by atoms with van der Waals surface area (Å²) in [5.41, 5.74) is 2.58. The minimum atomic E-state index is 0.151. The monoisotopic (exact) mass is 320 g/mol. The van der Waals surface area contributed by atoms with Crippen LogP contribution in [0.4, 0.5) is 0 Å². The number of ether oxygens (including phenoxy) is 2. The fourth-order valence-electron chi connectivity index (χ4n) is 3.44. The van der Waals surface area contributed by atoms with Gasteiger partial charge in [-0.3, -0.25) is 9.58 Å². The lowest BCUT2D eigenvalue weighted by molar-refractivity contribution is -0.0691. The summed E-state index contributed by atoms with van der Waals surface area (Å²) in [6.07, 6.45) is 7.53. The van der Waals surface area contributed by atoms with E-state index in [1.165, 1.54) is 11.1 Å². The Balaban J connectivity index is 1.61. The zero-order valence-corrected chi connectivity index (χ0v) is 14.2. The lowest BCUT2D eigenvalue weighted by atomic mass is 10.0. The predicted molar refractivity (Wildman–Crippen MR) is 89.3 cm³/mol. The summed E-state index contributed by atoms with van der Waals surface area (Å²) in [5.74, 6) is 0. The van der Waals surface area contributed by atoms with E-state index < -0.39 is 0 Å². The first kappa shape index (κ1) is 16.6. The summed E-state index contributed by atoms with van der Waals surface area (Å²) < 4.78 is 13.4. The first-order valence-corrected chi connectivity index (χ1v) is 8.58. The second-order valence-corrected chi connectivity index (χ2v) is 6.26. The number of likely N-dealkylation sites (N-methyl/N-ethyl adjacent to an activating group) is 1. The molecule has 2 atom stereocenters. The maximum Gasteiger partial charge on any atom is 0.0897 e. The van der Waals surface area contributed by atoms with Crippen molar-refractivity contribution in [3.8, 4) is 0 Å². The molecule has 0 aliphatic carbocycles. The number of rotatable bonds is 6.